The van der Waals surface area contributed by atoms with Crippen LogP contribution in [0.5, 0.6) is 0 Å². The maximum Gasteiger partial charge on any atom is 0.275 e. The summed E-state index contributed by atoms with van der Waals surface area (Å²) in [6.45, 7) is 1.04. The van der Waals surface area contributed by atoms with E-state index in [0.29, 0.717) is 18.8 Å². The quantitative estimate of drug-likeness (QED) is 0.623. The largest absolute Gasteiger partial charge is 0.335 e. The zero-order valence-electron chi connectivity index (χ0n) is 10.5. The molecular formula is C12H13N5O3. The Morgan fingerprint density at radius 1 is 1.40 bits per heavy atom. The standard InChI is InChI=1S/C12H13N5O3/c13-5-6-16-7-11(14-8-16)12(18)15-9-1-3-10(4-2-9)17(19)20/h1-4,7-8H,5-6,13H2,(H,15,18). The molecule has 0 aliphatic carbocycles. The first-order chi connectivity index (χ1) is 9.60. The van der Waals surface area contributed by atoms with Gasteiger partial charge in [0.2, 0.25) is 0 Å². The van der Waals surface area contributed by atoms with Crippen LogP contribution in [0, 0.1) is 10.1 Å². The second kappa shape index (κ2) is 5.93. The number of imidazole rings is 1. The zero-order chi connectivity index (χ0) is 14.5. The summed E-state index contributed by atoms with van der Waals surface area (Å²) in [5.74, 6) is -0.380. The van der Waals surface area contributed by atoms with Crippen molar-refractivity contribution in [1.29, 1.82) is 0 Å². The van der Waals surface area contributed by atoms with Crippen molar-refractivity contribution in [3.05, 3.63) is 52.6 Å². The lowest BCUT2D eigenvalue weighted by Gasteiger charge is -2.02. The number of anilines is 1. The molecule has 20 heavy (non-hydrogen) atoms. The highest BCUT2D eigenvalue weighted by molar-refractivity contribution is 6.02. The first kappa shape index (κ1) is 13.7. The SMILES string of the molecule is NCCn1cnc(C(=O)Nc2ccc([N+](=O)[O-])cc2)c1. The molecule has 104 valence electrons. The van der Waals surface area contributed by atoms with Crippen LogP contribution in [0.15, 0.2) is 36.8 Å². The smallest absolute Gasteiger partial charge is 0.275 e. The van der Waals surface area contributed by atoms with Gasteiger partial charge < -0.3 is 15.6 Å². The third kappa shape index (κ3) is 3.18. The Balaban J connectivity index is 2.04. The van der Waals surface area contributed by atoms with Crippen LogP contribution in [0.4, 0.5) is 11.4 Å². The summed E-state index contributed by atoms with van der Waals surface area (Å²) in [6.07, 6.45) is 3.12. The summed E-state index contributed by atoms with van der Waals surface area (Å²) < 4.78 is 1.71. The Morgan fingerprint density at radius 2 is 2.10 bits per heavy atom. The van der Waals surface area contributed by atoms with Crippen LogP contribution in [0.2, 0.25) is 0 Å². The highest BCUT2D eigenvalue weighted by atomic mass is 16.6. The molecule has 1 heterocycles. The number of hydrogen-bond acceptors (Lipinski definition) is 5. The third-order valence-corrected chi connectivity index (χ3v) is 2.59. The van der Waals surface area contributed by atoms with Crippen LogP contribution < -0.4 is 11.1 Å². The van der Waals surface area contributed by atoms with E-state index in [2.05, 4.69) is 10.3 Å². The number of nitrogens with one attached hydrogen (secondary N) is 1. The fraction of sp³-hybridized carbons (Fsp3) is 0.167. The van der Waals surface area contributed by atoms with E-state index in [4.69, 9.17) is 5.73 Å². The van der Waals surface area contributed by atoms with Crippen molar-refractivity contribution in [3.8, 4) is 0 Å². The molecule has 0 fully saturated rings. The predicted molar refractivity (Wildman–Crippen MR) is 72.3 cm³/mol. The van der Waals surface area contributed by atoms with E-state index in [1.54, 1.807) is 10.8 Å². The average Bonchev–Trinajstić information content (AvgIpc) is 2.88. The summed E-state index contributed by atoms with van der Waals surface area (Å²) in [7, 11) is 0. The van der Waals surface area contributed by atoms with Crippen LogP contribution in [0.3, 0.4) is 0 Å². The minimum Gasteiger partial charge on any atom is -0.335 e. The number of nitrogens with two attached hydrogens (primary N) is 1. The number of amides is 1. The number of aromatic nitrogens is 2. The fourth-order valence-corrected chi connectivity index (χ4v) is 1.61. The summed E-state index contributed by atoms with van der Waals surface area (Å²) in [5.41, 5.74) is 6.10. The number of non-ortho nitro benzene ring substituents is 1. The van der Waals surface area contributed by atoms with Crippen molar-refractivity contribution in [2.45, 2.75) is 6.54 Å². The number of carbonyl (C=O) groups is 1. The molecule has 1 aromatic heterocycles. The number of nitro groups is 1. The van der Waals surface area contributed by atoms with Gasteiger partial charge in [-0.2, -0.15) is 0 Å². The molecule has 0 radical (unpaired) electrons. The second-order valence-corrected chi connectivity index (χ2v) is 4.04. The first-order valence-electron chi connectivity index (χ1n) is 5.88. The van der Waals surface area contributed by atoms with Crippen molar-refractivity contribution >= 4 is 17.3 Å². The van der Waals surface area contributed by atoms with Crippen molar-refractivity contribution < 1.29 is 9.72 Å². The summed E-state index contributed by atoms with van der Waals surface area (Å²) >= 11 is 0. The van der Waals surface area contributed by atoms with Crippen molar-refractivity contribution in [2.75, 3.05) is 11.9 Å². The third-order valence-electron chi connectivity index (χ3n) is 2.59. The molecule has 0 saturated carbocycles. The van der Waals surface area contributed by atoms with Crippen molar-refractivity contribution in [2.24, 2.45) is 5.73 Å². The molecule has 8 heteroatoms. The van der Waals surface area contributed by atoms with E-state index in [9.17, 15) is 14.9 Å². The van der Waals surface area contributed by atoms with Crippen LogP contribution in [-0.2, 0) is 6.54 Å². The van der Waals surface area contributed by atoms with Gasteiger partial charge in [0.25, 0.3) is 11.6 Å². The van der Waals surface area contributed by atoms with Gasteiger partial charge >= 0.3 is 0 Å². The molecule has 0 saturated heterocycles. The molecule has 0 unspecified atom stereocenters. The van der Waals surface area contributed by atoms with Crippen molar-refractivity contribution in [3.63, 3.8) is 0 Å². The lowest BCUT2D eigenvalue weighted by atomic mass is 10.3. The number of carbonyl (C=O) groups excluding carboxylic acids is 1. The van der Waals surface area contributed by atoms with E-state index in [1.807, 2.05) is 0 Å². The van der Waals surface area contributed by atoms with Gasteiger partial charge in [-0.15, -0.1) is 0 Å². The van der Waals surface area contributed by atoms with Crippen LogP contribution in [0.25, 0.3) is 0 Å². The van der Waals surface area contributed by atoms with Gasteiger partial charge in [-0.3, -0.25) is 14.9 Å². The monoisotopic (exact) mass is 275 g/mol. The number of nitrogens with zero attached hydrogens (tertiary/aromatic N) is 3. The summed E-state index contributed by atoms with van der Waals surface area (Å²) in [4.78, 5) is 25.9. The van der Waals surface area contributed by atoms with Gasteiger partial charge in [0, 0.05) is 37.1 Å². The molecule has 0 spiro atoms. The first-order valence-corrected chi connectivity index (χ1v) is 5.88. The Hall–Kier alpha value is -2.74. The van der Waals surface area contributed by atoms with Gasteiger partial charge in [0.15, 0.2) is 0 Å². The molecule has 0 bridgehead atoms. The van der Waals surface area contributed by atoms with Gasteiger partial charge in [-0.05, 0) is 12.1 Å². The molecule has 0 atom stereocenters. The van der Waals surface area contributed by atoms with Crippen LogP contribution in [-0.4, -0.2) is 26.9 Å². The zero-order valence-corrected chi connectivity index (χ0v) is 10.5. The van der Waals surface area contributed by atoms with E-state index < -0.39 is 4.92 Å². The highest BCUT2D eigenvalue weighted by Gasteiger charge is 2.10. The average molecular weight is 275 g/mol. The molecule has 1 amide bonds. The number of hydrogen-bond donors (Lipinski definition) is 2. The Morgan fingerprint density at radius 3 is 2.70 bits per heavy atom. The molecule has 8 nitrogen and oxygen atoms in total. The Kier molecular flexibility index (Phi) is 4.06. The molecule has 2 rings (SSSR count). The molecule has 0 aliphatic rings. The minimum atomic E-state index is -0.500. The van der Waals surface area contributed by atoms with Crippen molar-refractivity contribution in [1.82, 2.24) is 9.55 Å². The summed E-state index contributed by atoms with van der Waals surface area (Å²) in [6, 6.07) is 5.57. The molecule has 1 aromatic carbocycles. The van der Waals surface area contributed by atoms with Gasteiger partial charge in [-0.25, -0.2) is 4.98 Å². The van der Waals surface area contributed by atoms with Gasteiger partial charge in [0.05, 0.1) is 11.3 Å². The second-order valence-electron chi connectivity index (χ2n) is 4.04. The fourth-order valence-electron chi connectivity index (χ4n) is 1.61. The molecule has 2 aromatic rings. The minimum absolute atomic E-state index is 0.0322. The van der Waals surface area contributed by atoms with Crippen LogP contribution in [0.1, 0.15) is 10.5 Å². The topological polar surface area (TPSA) is 116 Å². The van der Waals surface area contributed by atoms with Gasteiger partial charge in [-0.1, -0.05) is 0 Å². The number of benzene rings is 1. The Labute approximate surface area is 114 Å². The molecule has 3 N–H and O–H groups in total. The van der Waals surface area contributed by atoms with E-state index in [-0.39, 0.29) is 17.3 Å². The number of rotatable bonds is 5. The predicted octanol–water partition coefficient (Wildman–Crippen LogP) is 1.00. The van der Waals surface area contributed by atoms with Gasteiger partial charge in [0.1, 0.15) is 5.69 Å². The maximum atomic E-state index is 11.9. The Bertz CT molecular complexity index is 620. The van der Waals surface area contributed by atoms with Crippen LogP contribution >= 0.6 is 0 Å². The lowest BCUT2D eigenvalue weighted by molar-refractivity contribution is -0.384. The number of nitro benzene ring substituents is 1. The maximum absolute atomic E-state index is 11.9. The highest BCUT2D eigenvalue weighted by Crippen LogP contribution is 2.15. The summed E-state index contributed by atoms with van der Waals surface area (Å²) in [5, 5.41) is 13.1. The normalized spacial score (nSPS) is 10.2. The van der Waals surface area contributed by atoms with E-state index >= 15 is 0 Å². The molecule has 0 aliphatic heterocycles. The molecular weight excluding hydrogens is 262 g/mol. The lowest BCUT2D eigenvalue weighted by Crippen LogP contribution is -2.12. The van der Waals surface area contributed by atoms with E-state index in [1.165, 1.54) is 30.6 Å². The van der Waals surface area contributed by atoms with E-state index in [0.717, 1.165) is 0 Å².